The van der Waals surface area contributed by atoms with Crippen LogP contribution in [-0.4, -0.2) is 52.7 Å². The topological polar surface area (TPSA) is 89.9 Å². The van der Waals surface area contributed by atoms with Crippen LogP contribution in [0.1, 0.15) is 36.7 Å². The van der Waals surface area contributed by atoms with Gasteiger partial charge in [-0.15, -0.1) is 0 Å². The summed E-state index contributed by atoms with van der Waals surface area (Å²) in [6, 6.07) is 6.22. The van der Waals surface area contributed by atoms with Crippen molar-refractivity contribution in [3.63, 3.8) is 0 Å². The Kier molecular flexibility index (Phi) is 7.71. The average Bonchev–Trinajstić information content (AvgIpc) is 2.51. The summed E-state index contributed by atoms with van der Waals surface area (Å²) in [4.78, 5) is 25.7. The summed E-state index contributed by atoms with van der Waals surface area (Å²) in [5.74, 6) is -1.63. The normalized spacial score (nSPS) is 12.4. The molecule has 0 radical (unpaired) electrons. The Bertz CT molecular complexity index is 531. The molecule has 0 spiro atoms. The second kappa shape index (κ2) is 9.27. The molecule has 1 rings (SSSR count). The molecule has 0 aromatic heterocycles. The van der Waals surface area contributed by atoms with Crippen LogP contribution in [-0.2, 0) is 11.3 Å². The fourth-order valence-corrected chi connectivity index (χ4v) is 2.34. The molecule has 0 aliphatic heterocycles. The number of aliphatic hydroxyl groups is 1. The van der Waals surface area contributed by atoms with Gasteiger partial charge in [-0.05, 0) is 24.1 Å². The van der Waals surface area contributed by atoms with E-state index in [4.69, 9.17) is 5.11 Å². The van der Waals surface area contributed by atoms with Crippen molar-refractivity contribution in [3.05, 3.63) is 35.4 Å². The molecule has 0 aliphatic carbocycles. The number of amides is 1. The van der Waals surface area contributed by atoms with Crippen molar-refractivity contribution in [1.82, 2.24) is 10.2 Å². The van der Waals surface area contributed by atoms with Crippen LogP contribution in [0.3, 0.4) is 0 Å². The molecule has 3 N–H and O–H groups in total. The zero-order chi connectivity index (χ0) is 17.4. The Labute approximate surface area is 137 Å². The van der Waals surface area contributed by atoms with Crippen molar-refractivity contribution in [3.8, 4) is 0 Å². The largest absolute Gasteiger partial charge is 0.480 e. The maximum atomic E-state index is 12.5. The SMILES string of the molecule is CCN(CCO)Cc1ccccc1C(=O)NC(C(=O)O)C(C)C. The number of carboxylic acid groups (broad SMARTS) is 1. The number of nitrogens with one attached hydrogen (secondary N) is 1. The van der Waals surface area contributed by atoms with E-state index in [2.05, 4.69) is 5.32 Å². The number of rotatable bonds is 9. The second-order valence-corrected chi connectivity index (χ2v) is 5.78. The lowest BCUT2D eigenvalue weighted by Gasteiger charge is -2.22. The third kappa shape index (κ3) is 5.65. The molecule has 1 amide bonds. The highest BCUT2D eigenvalue weighted by molar-refractivity contribution is 5.97. The van der Waals surface area contributed by atoms with Gasteiger partial charge >= 0.3 is 5.97 Å². The third-order valence-corrected chi connectivity index (χ3v) is 3.74. The first-order valence-electron chi connectivity index (χ1n) is 7.85. The molecule has 1 aromatic rings. The van der Waals surface area contributed by atoms with Crippen LogP contribution in [0.15, 0.2) is 24.3 Å². The quantitative estimate of drug-likeness (QED) is 0.638. The van der Waals surface area contributed by atoms with Gasteiger partial charge in [0.2, 0.25) is 0 Å². The molecule has 0 saturated heterocycles. The first-order valence-corrected chi connectivity index (χ1v) is 7.85. The molecule has 23 heavy (non-hydrogen) atoms. The van der Waals surface area contributed by atoms with E-state index in [9.17, 15) is 14.7 Å². The smallest absolute Gasteiger partial charge is 0.326 e. The van der Waals surface area contributed by atoms with E-state index in [1.807, 2.05) is 24.0 Å². The van der Waals surface area contributed by atoms with Crippen LogP contribution in [0, 0.1) is 5.92 Å². The number of benzene rings is 1. The number of aliphatic hydroxyl groups excluding tert-OH is 1. The Balaban J connectivity index is 2.95. The second-order valence-electron chi connectivity index (χ2n) is 5.78. The van der Waals surface area contributed by atoms with Gasteiger partial charge in [-0.25, -0.2) is 4.79 Å². The highest BCUT2D eigenvalue weighted by Crippen LogP contribution is 2.13. The minimum absolute atomic E-state index is 0.0522. The number of nitrogens with zero attached hydrogens (tertiary/aromatic N) is 1. The highest BCUT2D eigenvalue weighted by atomic mass is 16.4. The molecule has 0 heterocycles. The Morgan fingerprint density at radius 1 is 1.26 bits per heavy atom. The highest BCUT2D eigenvalue weighted by Gasteiger charge is 2.25. The predicted octanol–water partition coefficient (Wildman–Crippen LogP) is 1.34. The number of carboxylic acids is 1. The van der Waals surface area contributed by atoms with E-state index >= 15 is 0 Å². The zero-order valence-corrected chi connectivity index (χ0v) is 14.0. The number of carbonyl (C=O) groups excluding carboxylic acids is 1. The molecule has 0 bridgehead atoms. The number of likely N-dealkylation sites (N-methyl/N-ethyl adjacent to an activating group) is 1. The molecule has 128 valence electrons. The predicted molar refractivity (Wildman–Crippen MR) is 88.2 cm³/mol. The minimum atomic E-state index is -1.04. The van der Waals surface area contributed by atoms with E-state index in [0.717, 1.165) is 12.1 Å². The lowest BCUT2D eigenvalue weighted by atomic mass is 10.0. The lowest BCUT2D eigenvalue weighted by molar-refractivity contribution is -0.140. The number of carbonyl (C=O) groups is 2. The molecule has 1 aromatic carbocycles. The first-order chi connectivity index (χ1) is 10.9. The molecular weight excluding hydrogens is 296 g/mol. The van der Waals surface area contributed by atoms with Crippen LogP contribution in [0.4, 0.5) is 0 Å². The van der Waals surface area contributed by atoms with Gasteiger partial charge in [0.15, 0.2) is 0 Å². The maximum Gasteiger partial charge on any atom is 0.326 e. The number of hydrogen-bond donors (Lipinski definition) is 3. The standard InChI is InChI=1S/C17H26N2O4/c1-4-19(9-10-20)11-13-7-5-6-8-14(13)16(21)18-15(12(2)3)17(22)23/h5-8,12,15,20H,4,9-11H2,1-3H3,(H,18,21)(H,22,23). The first kappa shape index (κ1) is 19.1. The van der Waals surface area contributed by atoms with Crippen LogP contribution in [0.5, 0.6) is 0 Å². The van der Waals surface area contributed by atoms with Crippen molar-refractivity contribution in [2.75, 3.05) is 19.7 Å². The summed E-state index contributed by atoms with van der Waals surface area (Å²) in [6.07, 6.45) is 0. The lowest BCUT2D eigenvalue weighted by Crippen LogP contribution is -2.44. The summed E-state index contributed by atoms with van der Waals surface area (Å²) < 4.78 is 0. The zero-order valence-electron chi connectivity index (χ0n) is 14.0. The van der Waals surface area contributed by atoms with E-state index in [-0.39, 0.29) is 18.4 Å². The van der Waals surface area contributed by atoms with Crippen molar-refractivity contribution in [2.45, 2.75) is 33.4 Å². The fourth-order valence-electron chi connectivity index (χ4n) is 2.34. The van der Waals surface area contributed by atoms with E-state index in [0.29, 0.717) is 18.7 Å². The van der Waals surface area contributed by atoms with Crippen molar-refractivity contribution >= 4 is 11.9 Å². The van der Waals surface area contributed by atoms with Crippen molar-refractivity contribution in [1.29, 1.82) is 0 Å². The molecule has 0 saturated carbocycles. The Hall–Kier alpha value is -1.92. The maximum absolute atomic E-state index is 12.5. The van der Waals surface area contributed by atoms with Crippen LogP contribution < -0.4 is 5.32 Å². The fraction of sp³-hybridized carbons (Fsp3) is 0.529. The molecule has 6 nitrogen and oxygen atoms in total. The Morgan fingerprint density at radius 2 is 1.91 bits per heavy atom. The van der Waals surface area contributed by atoms with Gasteiger partial charge in [-0.1, -0.05) is 39.0 Å². The minimum Gasteiger partial charge on any atom is -0.480 e. The van der Waals surface area contributed by atoms with Gasteiger partial charge in [0.1, 0.15) is 6.04 Å². The molecule has 6 heteroatoms. The van der Waals surface area contributed by atoms with E-state index in [1.54, 1.807) is 26.0 Å². The average molecular weight is 322 g/mol. The van der Waals surface area contributed by atoms with E-state index in [1.165, 1.54) is 0 Å². The summed E-state index contributed by atoms with van der Waals surface area (Å²) in [5, 5.41) is 20.9. The molecule has 1 atom stereocenters. The van der Waals surface area contributed by atoms with Crippen LogP contribution in [0.2, 0.25) is 0 Å². The summed E-state index contributed by atoms with van der Waals surface area (Å²) in [7, 11) is 0. The third-order valence-electron chi connectivity index (χ3n) is 3.74. The van der Waals surface area contributed by atoms with Crippen molar-refractivity contribution in [2.24, 2.45) is 5.92 Å². The summed E-state index contributed by atoms with van der Waals surface area (Å²) >= 11 is 0. The number of hydrogen-bond acceptors (Lipinski definition) is 4. The summed E-state index contributed by atoms with van der Waals surface area (Å²) in [5.41, 5.74) is 1.28. The Morgan fingerprint density at radius 3 is 2.43 bits per heavy atom. The monoisotopic (exact) mass is 322 g/mol. The number of aliphatic carboxylic acids is 1. The van der Waals surface area contributed by atoms with Gasteiger partial charge < -0.3 is 15.5 Å². The molecule has 0 aliphatic rings. The van der Waals surface area contributed by atoms with E-state index < -0.39 is 12.0 Å². The van der Waals surface area contributed by atoms with Gasteiger partial charge in [0.25, 0.3) is 5.91 Å². The van der Waals surface area contributed by atoms with Crippen LogP contribution >= 0.6 is 0 Å². The van der Waals surface area contributed by atoms with Gasteiger partial charge in [-0.3, -0.25) is 9.69 Å². The molecular formula is C17H26N2O4. The molecule has 1 unspecified atom stereocenters. The van der Waals surface area contributed by atoms with Crippen molar-refractivity contribution < 1.29 is 19.8 Å². The summed E-state index contributed by atoms with van der Waals surface area (Å²) in [6.45, 7) is 7.35. The van der Waals surface area contributed by atoms with Gasteiger partial charge in [-0.2, -0.15) is 0 Å². The van der Waals surface area contributed by atoms with Crippen LogP contribution in [0.25, 0.3) is 0 Å². The molecule has 0 fully saturated rings. The van der Waals surface area contributed by atoms with Gasteiger partial charge in [0.05, 0.1) is 6.61 Å². The van der Waals surface area contributed by atoms with Gasteiger partial charge in [0, 0.05) is 18.7 Å².